The van der Waals surface area contributed by atoms with Gasteiger partial charge in [-0.15, -0.1) is 0 Å². The number of carbonyl (C=O) groups is 1. The highest BCUT2D eigenvalue weighted by Crippen LogP contribution is 2.26. The normalized spacial score (nSPS) is 20.9. The summed E-state index contributed by atoms with van der Waals surface area (Å²) in [6.45, 7) is 1.80. The second kappa shape index (κ2) is 3.21. The fourth-order valence-electron chi connectivity index (χ4n) is 1.23. The molecule has 1 aliphatic carbocycles. The third-order valence-electron chi connectivity index (χ3n) is 1.98. The summed E-state index contributed by atoms with van der Waals surface area (Å²) in [5.41, 5.74) is 0.764. The molecular formula is C9H12O3. The molecular weight excluding hydrogens is 156 g/mol. The van der Waals surface area contributed by atoms with Crippen molar-refractivity contribution in [2.75, 3.05) is 14.2 Å². The number of carbonyl (C=O) groups excluding carboxylic acids is 1. The van der Waals surface area contributed by atoms with E-state index in [2.05, 4.69) is 0 Å². The molecule has 0 saturated carbocycles. The van der Waals surface area contributed by atoms with Crippen LogP contribution in [0.1, 0.15) is 6.92 Å². The highest BCUT2D eigenvalue weighted by atomic mass is 16.7. The quantitative estimate of drug-likeness (QED) is 0.578. The molecule has 0 aromatic carbocycles. The second-order valence-corrected chi connectivity index (χ2v) is 2.64. The smallest absolute Gasteiger partial charge is 0.211 e. The molecule has 0 radical (unpaired) electrons. The van der Waals surface area contributed by atoms with E-state index >= 15 is 0 Å². The molecule has 0 bridgehead atoms. The van der Waals surface area contributed by atoms with Crippen LogP contribution in [0.15, 0.2) is 23.8 Å². The molecule has 3 heteroatoms. The van der Waals surface area contributed by atoms with Crippen LogP contribution < -0.4 is 0 Å². The third kappa shape index (κ3) is 1.33. The number of rotatable bonds is 2. The van der Waals surface area contributed by atoms with Crippen LogP contribution in [0.2, 0.25) is 0 Å². The van der Waals surface area contributed by atoms with Crippen LogP contribution >= 0.6 is 0 Å². The molecule has 0 atom stereocenters. The Morgan fingerprint density at radius 1 is 1.33 bits per heavy atom. The van der Waals surface area contributed by atoms with Crippen LogP contribution in [-0.2, 0) is 14.3 Å². The van der Waals surface area contributed by atoms with Crippen molar-refractivity contribution in [1.29, 1.82) is 0 Å². The predicted molar refractivity (Wildman–Crippen MR) is 44.7 cm³/mol. The maximum Gasteiger partial charge on any atom is 0.211 e. The van der Waals surface area contributed by atoms with E-state index in [4.69, 9.17) is 9.47 Å². The SMILES string of the molecule is COC1(OC)C=CC(=O)C=C1C. The summed E-state index contributed by atoms with van der Waals surface area (Å²) in [6.07, 6.45) is 4.57. The summed E-state index contributed by atoms with van der Waals surface area (Å²) in [5, 5.41) is 0. The van der Waals surface area contributed by atoms with Gasteiger partial charge in [-0.05, 0) is 30.7 Å². The molecule has 12 heavy (non-hydrogen) atoms. The molecule has 0 N–H and O–H groups in total. The van der Waals surface area contributed by atoms with Gasteiger partial charge in [0.2, 0.25) is 5.79 Å². The minimum Gasteiger partial charge on any atom is -0.346 e. The van der Waals surface area contributed by atoms with E-state index in [-0.39, 0.29) is 5.78 Å². The summed E-state index contributed by atoms with van der Waals surface area (Å²) >= 11 is 0. The van der Waals surface area contributed by atoms with Gasteiger partial charge in [0.25, 0.3) is 0 Å². The summed E-state index contributed by atoms with van der Waals surface area (Å²) < 4.78 is 10.3. The van der Waals surface area contributed by atoms with Crippen LogP contribution in [0.4, 0.5) is 0 Å². The van der Waals surface area contributed by atoms with Crippen LogP contribution in [0, 0.1) is 0 Å². The Morgan fingerprint density at radius 3 is 2.33 bits per heavy atom. The first-order valence-electron chi connectivity index (χ1n) is 3.67. The first-order chi connectivity index (χ1) is 5.64. The van der Waals surface area contributed by atoms with Crippen LogP contribution in [0.3, 0.4) is 0 Å². The van der Waals surface area contributed by atoms with E-state index in [1.165, 1.54) is 12.2 Å². The largest absolute Gasteiger partial charge is 0.346 e. The van der Waals surface area contributed by atoms with Gasteiger partial charge in [-0.1, -0.05) is 0 Å². The molecule has 3 nitrogen and oxygen atoms in total. The maximum absolute atomic E-state index is 10.9. The molecule has 0 aliphatic heterocycles. The summed E-state index contributed by atoms with van der Waals surface area (Å²) in [6, 6.07) is 0. The van der Waals surface area contributed by atoms with Crippen molar-refractivity contribution in [1.82, 2.24) is 0 Å². The monoisotopic (exact) mass is 168 g/mol. The molecule has 0 aromatic heterocycles. The van der Waals surface area contributed by atoms with Gasteiger partial charge in [0.15, 0.2) is 5.78 Å². The van der Waals surface area contributed by atoms with E-state index < -0.39 is 5.79 Å². The van der Waals surface area contributed by atoms with E-state index in [0.717, 1.165) is 5.57 Å². The average molecular weight is 168 g/mol. The van der Waals surface area contributed by atoms with Crippen molar-refractivity contribution in [3.8, 4) is 0 Å². The number of ether oxygens (including phenoxy) is 2. The van der Waals surface area contributed by atoms with Crippen LogP contribution in [0.25, 0.3) is 0 Å². The topological polar surface area (TPSA) is 35.5 Å². The van der Waals surface area contributed by atoms with E-state index in [1.807, 2.05) is 0 Å². The summed E-state index contributed by atoms with van der Waals surface area (Å²) in [5.74, 6) is -0.870. The molecule has 0 unspecified atom stereocenters. The lowest BCUT2D eigenvalue weighted by atomic mass is 10.00. The minimum absolute atomic E-state index is 0.0303. The Labute approximate surface area is 71.7 Å². The first kappa shape index (κ1) is 9.16. The summed E-state index contributed by atoms with van der Waals surface area (Å²) in [7, 11) is 3.09. The van der Waals surface area contributed by atoms with E-state index in [1.54, 1.807) is 27.2 Å². The first-order valence-corrected chi connectivity index (χ1v) is 3.67. The van der Waals surface area contributed by atoms with Crippen molar-refractivity contribution < 1.29 is 14.3 Å². The summed E-state index contributed by atoms with van der Waals surface area (Å²) in [4.78, 5) is 10.9. The van der Waals surface area contributed by atoms with Gasteiger partial charge in [-0.3, -0.25) is 4.79 Å². The molecule has 0 aromatic rings. The Bertz CT molecular complexity index is 246. The van der Waals surface area contributed by atoms with Gasteiger partial charge in [0.05, 0.1) is 0 Å². The zero-order valence-corrected chi connectivity index (χ0v) is 7.46. The van der Waals surface area contributed by atoms with Crippen LogP contribution in [0.5, 0.6) is 0 Å². The molecule has 0 fully saturated rings. The lowest BCUT2D eigenvalue weighted by molar-refractivity contribution is -0.144. The zero-order chi connectivity index (χ0) is 9.19. The van der Waals surface area contributed by atoms with Crippen molar-refractivity contribution >= 4 is 5.78 Å². The second-order valence-electron chi connectivity index (χ2n) is 2.64. The van der Waals surface area contributed by atoms with Gasteiger partial charge < -0.3 is 9.47 Å². The van der Waals surface area contributed by atoms with Gasteiger partial charge in [-0.25, -0.2) is 0 Å². The van der Waals surface area contributed by atoms with Crippen LogP contribution in [-0.4, -0.2) is 25.8 Å². The molecule has 0 heterocycles. The highest BCUT2D eigenvalue weighted by molar-refractivity contribution is 6.01. The Hall–Kier alpha value is -0.930. The minimum atomic E-state index is -0.839. The third-order valence-corrected chi connectivity index (χ3v) is 1.98. The number of allylic oxidation sites excluding steroid dienone is 2. The molecule has 0 amide bonds. The fraction of sp³-hybridized carbons (Fsp3) is 0.444. The lowest BCUT2D eigenvalue weighted by Crippen LogP contribution is -2.35. The Kier molecular flexibility index (Phi) is 2.45. The average Bonchev–Trinajstić information content (AvgIpc) is 2.06. The Balaban J connectivity index is 2.99. The van der Waals surface area contributed by atoms with E-state index in [0.29, 0.717) is 0 Å². The highest BCUT2D eigenvalue weighted by Gasteiger charge is 2.31. The van der Waals surface area contributed by atoms with Crippen molar-refractivity contribution in [2.45, 2.75) is 12.7 Å². The molecule has 1 aliphatic rings. The number of hydrogen-bond acceptors (Lipinski definition) is 3. The van der Waals surface area contributed by atoms with Gasteiger partial charge in [-0.2, -0.15) is 0 Å². The van der Waals surface area contributed by atoms with Gasteiger partial charge in [0, 0.05) is 14.2 Å². The number of hydrogen-bond donors (Lipinski definition) is 0. The van der Waals surface area contributed by atoms with Crippen molar-refractivity contribution in [2.24, 2.45) is 0 Å². The van der Waals surface area contributed by atoms with E-state index in [9.17, 15) is 4.79 Å². The van der Waals surface area contributed by atoms with Crippen molar-refractivity contribution in [3.05, 3.63) is 23.8 Å². The number of methoxy groups -OCH3 is 2. The standard InChI is InChI=1S/C9H12O3/c1-7-6-8(10)4-5-9(7,11-2)12-3/h4-6H,1-3H3. The Morgan fingerprint density at radius 2 is 1.92 bits per heavy atom. The van der Waals surface area contributed by atoms with Gasteiger partial charge in [0.1, 0.15) is 0 Å². The molecule has 0 saturated heterocycles. The number of ketones is 1. The predicted octanol–water partition coefficient (Wildman–Crippen LogP) is 1.06. The fourth-order valence-corrected chi connectivity index (χ4v) is 1.23. The van der Waals surface area contributed by atoms with Crippen molar-refractivity contribution in [3.63, 3.8) is 0 Å². The molecule has 66 valence electrons. The molecule has 0 spiro atoms. The molecule has 1 rings (SSSR count). The van der Waals surface area contributed by atoms with Gasteiger partial charge >= 0.3 is 0 Å². The maximum atomic E-state index is 10.9. The lowest BCUT2D eigenvalue weighted by Gasteiger charge is -2.29. The zero-order valence-electron chi connectivity index (χ0n) is 7.46.